The van der Waals surface area contributed by atoms with Crippen molar-refractivity contribution in [1.29, 1.82) is 0 Å². The van der Waals surface area contributed by atoms with Gasteiger partial charge in [-0.15, -0.1) is 22.9 Å². The normalized spacial score (nSPS) is 12.8. The molecule has 1 atom stereocenters. The fraction of sp³-hybridized carbons (Fsp3) is 0.167. The number of halogens is 4. The SMILES string of the molecule is Cc1cc(C(Cl)c2ccc(Cl)cc2F)sc1Cl. The fourth-order valence-corrected chi connectivity index (χ4v) is 3.22. The van der Waals surface area contributed by atoms with Crippen LogP contribution in [0.5, 0.6) is 0 Å². The molecule has 0 amide bonds. The molecule has 5 heteroatoms. The molecular weight excluding hydrogens is 302 g/mol. The zero-order valence-electron chi connectivity index (χ0n) is 8.81. The van der Waals surface area contributed by atoms with Crippen molar-refractivity contribution in [1.82, 2.24) is 0 Å². The van der Waals surface area contributed by atoms with Gasteiger partial charge in [0.15, 0.2) is 0 Å². The maximum Gasteiger partial charge on any atom is 0.129 e. The monoisotopic (exact) mass is 308 g/mol. The lowest BCUT2D eigenvalue weighted by Gasteiger charge is -2.08. The first-order valence-corrected chi connectivity index (χ1v) is 6.85. The predicted octanol–water partition coefficient (Wildman–Crippen LogP) is 5.83. The molecule has 1 heterocycles. The number of hydrogen-bond donors (Lipinski definition) is 0. The molecule has 0 nitrogen and oxygen atoms in total. The molecule has 1 aromatic carbocycles. The highest BCUT2D eigenvalue weighted by atomic mass is 35.5. The van der Waals surface area contributed by atoms with Crippen LogP contribution in [0.1, 0.15) is 21.4 Å². The van der Waals surface area contributed by atoms with Crippen LogP contribution >= 0.6 is 46.1 Å². The molecule has 0 saturated carbocycles. The van der Waals surface area contributed by atoms with E-state index in [4.69, 9.17) is 34.8 Å². The van der Waals surface area contributed by atoms with E-state index in [0.717, 1.165) is 10.4 Å². The number of alkyl halides is 1. The van der Waals surface area contributed by atoms with Crippen molar-refractivity contribution in [2.75, 3.05) is 0 Å². The molecule has 0 fully saturated rings. The molecule has 0 bridgehead atoms. The van der Waals surface area contributed by atoms with Crippen molar-refractivity contribution in [2.24, 2.45) is 0 Å². The lowest BCUT2D eigenvalue weighted by molar-refractivity contribution is 0.613. The molecule has 0 aliphatic heterocycles. The molecule has 0 aliphatic rings. The molecule has 2 aromatic rings. The summed E-state index contributed by atoms with van der Waals surface area (Å²) in [4.78, 5) is 0.829. The highest BCUT2D eigenvalue weighted by Crippen LogP contribution is 2.38. The summed E-state index contributed by atoms with van der Waals surface area (Å²) in [6, 6.07) is 6.35. The van der Waals surface area contributed by atoms with E-state index >= 15 is 0 Å². The fourth-order valence-electron chi connectivity index (χ4n) is 1.47. The molecule has 17 heavy (non-hydrogen) atoms. The summed E-state index contributed by atoms with van der Waals surface area (Å²) in [6.07, 6.45) is 0. The lowest BCUT2D eigenvalue weighted by atomic mass is 10.1. The van der Waals surface area contributed by atoms with Crippen molar-refractivity contribution < 1.29 is 4.39 Å². The Balaban J connectivity index is 2.39. The Morgan fingerprint density at radius 2 is 1.94 bits per heavy atom. The minimum absolute atomic E-state index is 0.357. The Bertz CT molecular complexity index is 531. The number of thiophene rings is 1. The van der Waals surface area contributed by atoms with Crippen LogP contribution in [0.15, 0.2) is 24.3 Å². The van der Waals surface area contributed by atoms with Crippen molar-refractivity contribution in [3.63, 3.8) is 0 Å². The van der Waals surface area contributed by atoms with E-state index in [1.807, 2.05) is 13.0 Å². The summed E-state index contributed by atoms with van der Waals surface area (Å²) in [7, 11) is 0. The van der Waals surface area contributed by atoms with Crippen LogP contribution in [0.4, 0.5) is 4.39 Å². The quantitative estimate of drug-likeness (QED) is 0.612. The van der Waals surface area contributed by atoms with Gasteiger partial charge >= 0.3 is 0 Å². The van der Waals surface area contributed by atoms with Crippen molar-refractivity contribution >= 4 is 46.1 Å². The van der Waals surface area contributed by atoms with Crippen molar-refractivity contribution in [3.05, 3.63) is 55.4 Å². The lowest BCUT2D eigenvalue weighted by Crippen LogP contribution is -1.94. The summed E-state index contributed by atoms with van der Waals surface area (Å²) >= 11 is 19.3. The first-order chi connectivity index (χ1) is 7.99. The average Bonchev–Trinajstić information content (AvgIpc) is 2.58. The highest BCUT2D eigenvalue weighted by molar-refractivity contribution is 7.16. The van der Waals surface area contributed by atoms with Crippen LogP contribution < -0.4 is 0 Å². The molecule has 1 unspecified atom stereocenters. The first kappa shape index (κ1) is 13.2. The van der Waals surface area contributed by atoms with Crippen LogP contribution in [0.3, 0.4) is 0 Å². The largest absolute Gasteiger partial charge is 0.207 e. The van der Waals surface area contributed by atoms with Gasteiger partial charge in [-0.1, -0.05) is 29.3 Å². The zero-order chi connectivity index (χ0) is 12.6. The van der Waals surface area contributed by atoms with E-state index in [1.165, 1.54) is 17.4 Å². The van der Waals surface area contributed by atoms with E-state index in [1.54, 1.807) is 12.1 Å². The Morgan fingerprint density at radius 3 is 2.47 bits per heavy atom. The standard InChI is InChI=1S/C12H8Cl3FS/c1-6-4-10(17-12(6)15)11(14)8-3-2-7(13)5-9(8)16/h2-5,11H,1H3. The molecule has 0 spiro atoms. The third kappa shape index (κ3) is 2.76. The van der Waals surface area contributed by atoms with Gasteiger partial charge in [-0.25, -0.2) is 4.39 Å². The number of rotatable bonds is 2. The number of benzene rings is 1. The zero-order valence-corrected chi connectivity index (χ0v) is 11.9. The summed E-state index contributed by atoms with van der Waals surface area (Å²) in [6.45, 7) is 1.89. The van der Waals surface area contributed by atoms with E-state index in [2.05, 4.69) is 0 Å². The molecule has 0 saturated heterocycles. The van der Waals surface area contributed by atoms with Gasteiger partial charge in [0, 0.05) is 15.5 Å². The van der Waals surface area contributed by atoms with E-state index < -0.39 is 11.2 Å². The van der Waals surface area contributed by atoms with Gasteiger partial charge in [0.2, 0.25) is 0 Å². The molecule has 2 rings (SSSR count). The van der Waals surface area contributed by atoms with E-state index in [-0.39, 0.29) is 0 Å². The van der Waals surface area contributed by atoms with E-state index in [0.29, 0.717) is 14.9 Å². The van der Waals surface area contributed by atoms with Crippen LogP contribution in [0.2, 0.25) is 9.36 Å². The predicted molar refractivity (Wildman–Crippen MR) is 73.2 cm³/mol. The molecule has 1 aromatic heterocycles. The molecule has 90 valence electrons. The second-order valence-electron chi connectivity index (χ2n) is 3.63. The summed E-state index contributed by atoms with van der Waals surface area (Å²) in [5.74, 6) is -0.403. The average molecular weight is 310 g/mol. The second-order valence-corrected chi connectivity index (χ2v) is 6.19. The van der Waals surface area contributed by atoms with Gasteiger partial charge < -0.3 is 0 Å². The molecule has 0 N–H and O–H groups in total. The Labute approximate surface area is 118 Å². The minimum atomic E-state index is -0.538. The van der Waals surface area contributed by atoms with Crippen molar-refractivity contribution in [3.8, 4) is 0 Å². The maximum atomic E-state index is 13.7. The van der Waals surface area contributed by atoms with Crippen LogP contribution in [-0.4, -0.2) is 0 Å². The van der Waals surface area contributed by atoms with E-state index in [9.17, 15) is 4.39 Å². The molecule has 0 aliphatic carbocycles. The summed E-state index contributed by atoms with van der Waals surface area (Å²) in [5.41, 5.74) is 1.36. The Hall–Kier alpha value is -0.280. The van der Waals surface area contributed by atoms with Gasteiger partial charge in [0.05, 0.1) is 9.71 Å². The maximum absolute atomic E-state index is 13.7. The van der Waals surface area contributed by atoms with Crippen LogP contribution in [0, 0.1) is 12.7 Å². The molecule has 0 radical (unpaired) electrons. The number of aryl methyl sites for hydroxylation is 1. The van der Waals surface area contributed by atoms with Gasteiger partial charge in [-0.3, -0.25) is 0 Å². The summed E-state index contributed by atoms with van der Waals surface area (Å²) in [5, 5.41) is -0.182. The van der Waals surface area contributed by atoms with Gasteiger partial charge in [-0.2, -0.15) is 0 Å². The van der Waals surface area contributed by atoms with Crippen LogP contribution in [0.25, 0.3) is 0 Å². The summed E-state index contributed by atoms with van der Waals surface area (Å²) < 4.78 is 14.4. The highest BCUT2D eigenvalue weighted by Gasteiger charge is 2.18. The van der Waals surface area contributed by atoms with Crippen molar-refractivity contribution in [2.45, 2.75) is 12.3 Å². The third-order valence-corrected chi connectivity index (χ3v) is 4.82. The Kier molecular flexibility index (Phi) is 3.99. The number of hydrogen-bond acceptors (Lipinski definition) is 1. The Morgan fingerprint density at radius 1 is 1.24 bits per heavy atom. The third-order valence-electron chi connectivity index (χ3n) is 2.36. The first-order valence-electron chi connectivity index (χ1n) is 4.84. The van der Waals surface area contributed by atoms with Gasteiger partial charge in [0.1, 0.15) is 5.82 Å². The van der Waals surface area contributed by atoms with Crippen LogP contribution in [-0.2, 0) is 0 Å². The topological polar surface area (TPSA) is 0 Å². The minimum Gasteiger partial charge on any atom is -0.207 e. The molecular formula is C12H8Cl3FS. The second kappa shape index (κ2) is 5.15. The smallest absolute Gasteiger partial charge is 0.129 e. The van der Waals surface area contributed by atoms with Gasteiger partial charge in [-0.05, 0) is 30.7 Å². The van der Waals surface area contributed by atoms with Gasteiger partial charge in [0.25, 0.3) is 0 Å².